The number of hydrogen-bond acceptors (Lipinski definition) is 4. The standard InChI is InChI=1S/C14H24N4O2S/c1-15-11-14-8-4-6-10-18(14)21(19,20)17(2)12-13-7-3-5-9-16-13/h3,5,7,9,14-15H,4,6,8,10-12H2,1-2H3. The Balaban J connectivity index is 2.11. The molecule has 1 fully saturated rings. The zero-order valence-electron chi connectivity index (χ0n) is 12.7. The van der Waals surface area contributed by atoms with Gasteiger partial charge in [0.15, 0.2) is 0 Å². The predicted octanol–water partition coefficient (Wildman–Crippen LogP) is 0.832. The number of piperidine rings is 1. The zero-order chi connectivity index (χ0) is 15.3. The molecule has 2 rings (SSSR count). The van der Waals surface area contributed by atoms with E-state index in [2.05, 4.69) is 10.3 Å². The predicted molar refractivity (Wildman–Crippen MR) is 82.9 cm³/mol. The van der Waals surface area contributed by atoms with E-state index in [9.17, 15) is 8.42 Å². The topological polar surface area (TPSA) is 65.5 Å². The molecule has 0 aliphatic carbocycles. The van der Waals surface area contributed by atoms with Crippen molar-refractivity contribution in [2.75, 3.05) is 27.2 Å². The van der Waals surface area contributed by atoms with Gasteiger partial charge in [-0.15, -0.1) is 0 Å². The molecule has 21 heavy (non-hydrogen) atoms. The maximum absolute atomic E-state index is 12.8. The average Bonchev–Trinajstić information content (AvgIpc) is 2.49. The fourth-order valence-electron chi connectivity index (χ4n) is 2.70. The number of nitrogens with zero attached hydrogens (tertiary/aromatic N) is 3. The van der Waals surface area contributed by atoms with Crippen LogP contribution in [-0.2, 0) is 16.8 Å². The van der Waals surface area contributed by atoms with Gasteiger partial charge in [-0.3, -0.25) is 4.98 Å². The zero-order valence-corrected chi connectivity index (χ0v) is 13.5. The molecule has 0 radical (unpaired) electrons. The largest absolute Gasteiger partial charge is 0.318 e. The first kappa shape index (κ1) is 16.4. The Labute approximate surface area is 127 Å². The van der Waals surface area contributed by atoms with E-state index in [1.807, 2.05) is 25.2 Å². The minimum absolute atomic E-state index is 0.0416. The van der Waals surface area contributed by atoms with Crippen molar-refractivity contribution < 1.29 is 8.42 Å². The second-order valence-corrected chi connectivity index (χ2v) is 7.39. The molecule has 1 atom stereocenters. The maximum atomic E-state index is 12.8. The Morgan fingerprint density at radius 1 is 1.43 bits per heavy atom. The van der Waals surface area contributed by atoms with Crippen LogP contribution in [-0.4, -0.2) is 55.2 Å². The molecule has 0 aromatic carbocycles. The normalized spacial score (nSPS) is 20.8. The van der Waals surface area contributed by atoms with E-state index in [1.54, 1.807) is 17.5 Å². The van der Waals surface area contributed by atoms with Crippen molar-refractivity contribution in [1.29, 1.82) is 0 Å². The quantitative estimate of drug-likeness (QED) is 0.845. The molecule has 1 saturated heterocycles. The van der Waals surface area contributed by atoms with Crippen LogP contribution in [0.3, 0.4) is 0 Å². The summed E-state index contributed by atoms with van der Waals surface area (Å²) in [6, 6.07) is 5.58. The Kier molecular flexibility index (Phi) is 5.69. The fourth-order valence-corrected chi connectivity index (χ4v) is 4.27. The lowest BCUT2D eigenvalue weighted by Crippen LogP contribution is -2.52. The molecule has 1 aromatic heterocycles. The van der Waals surface area contributed by atoms with Crippen LogP contribution >= 0.6 is 0 Å². The lowest BCUT2D eigenvalue weighted by molar-refractivity contribution is 0.232. The summed E-state index contributed by atoms with van der Waals surface area (Å²) in [4.78, 5) is 4.20. The highest BCUT2D eigenvalue weighted by Gasteiger charge is 2.34. The van der Waals surface area contributed by atoms with Crippen molar-refractivity contribution in [2.45, 2.75) is 31.8 Å². The van der Waals surface area contributed by atoms with Crippen LogP contribution in [0.4, 0.5) is 0 Å². The van der Waals surface area contributed by atoms with Crippen molar-refractivity contribution in [1.82, 2.24) is 18.9 Å². The van der Waals surface area contributed by atoms with Crippen LogP contribution in [0.1, 0.15) is 25.0 Å². The molecule has 7 heteroatoms. The number of pyridine rings is 1. The second kappa shape index (κ2) is 7.31. The molecule has 118 valence electrons. The minimum Gasteiger partial charge on any atom is -0.318 e. The average molecular weight is 312 g/mol. The monoisotopic (exact) mass is 312 g/mol. The number of rotatable bonds is 6. The van der Waals surface area contributed by atoms with Gasteiger partial charge in [-0.2, -0.15) is 17.0 Å². The molecule has 1 aliphatic heterocycles. The Bertz CT molecular complexity index is 533. The molecule has 1 aliphatic rings. The van der Waals surface area contributed by atoms with E-state index in [1.165, 1.54) is 4.31 Å². The van der Waals surface area contributed by atoms with E-state index in [-0.39, 0.29) is 6.04 Å². The first-order valence-electron chi connectivity index (χ1n) is 7.33. The first-order chi connectivity index (χ1) is 10.1. The molecule has 2 heterocycles. The molecule has 0 spiro atoms. The molecule has 1 N–H and O–H groups in total. The number of hydrogen-bond donors (Lipinski definition) is 1. The van der Waals surface area contributed by atoms with Crippen LogP contribution in [0.25, 0.3) is 0 Å². The molecular weight excluding hydrogens is 288 g/mol. The number of nitrogens with one attached hydrogen (secondary N) is 1. The summed E-state index contributed by atoms with van der Waals surface area (Å²) in [5, 5.41) is 3.09. The second-order valence-electron chi connectivity index (χ2n) is 5.40. The SMILES string of the molecule is CNCC1CCCCN1S(=O)(=O)N(C)Cc1ccccn1. The highest BCUT2D eigenvalue weighted by molar-refractivity contribution is 7.86. The van der Waals surface area contributed by atoms with E-state index < -0.39 is 10.2 Å². The van der Waals surface area contributed by atoms with Gasteiger partial charge in [-0.1, -0.05) is 12.5 Å². The van der Waals surface area contributed by atoms with Gasteiger partial charge < -0.3 is 5.32 Å². The highest BCUT2D eigenvalue weighted by atomic mass is 32.2. The molecule has 1 aromatic rings. The van der Waals surface area contributed by atoms with Gasteiger partial charge in [-0.25, -0.2) is 0 Å². The van der Waals surface area contributed by atoms with Crippen molar-refractivity contribution in [3.8, 4) is 0 Å². The first-order valence-corrected chi connectivity index (χ1v) is 8.73. The van der Waals surface area contributed by atoms with E-state index >= 15 is 0 Å². The van der Waals surface area contributed by atoms with E-state index in [0.29, 0.717) is 19.6 Å². The van der Waals surface area contributed by atoms with Crippen molar-refractivity contribution in [3.05, 3.63) is 30.1 Å². The summed E-state index contributed by atoms with van der Waals surface area (Å²) >= 11 is 0. The van der Waals surface area contributed by atoms with Crippen molar-refractivity contribution >= 4 is 10.2 Å². The molecule has 0 saturated carbocycles. The Morgan fingerprint density at radius 2 is 2.24 bits per heavy atom. The number of aromatic nitrogens is 1. The smallest absolute Gasteiger partial charge is 0.282 e. The summed E-state index contributed by atoms with van der Waals surface area (Å²) in [5.41, 5.74) is 0.755. The molecular formula is C14H24N4O2S. The maximum Gasteiger partial charge on any atom is 0.282 e. The molecule has 0 amide bonds. The van der Waals surface area contributed by atoms with Gasteiger partial charge in [0.25, 0.3) is 10.2 Å². The van der Waals surface area contributed by atoms with Crippen molar-refractivity contribution in [2.24, 2.45) is 0 Å². The molecule has 6 nitrogen and oxygen atoms in total. The van der Waals surface area contributed by atoms with Gasteiger partial charge in [-0.05, 0) is 32.0 Å². The fraction of sp³-hybridized carbons (Fsp3) is 0.643. The summed E-state index contributed by atoms with van der Waals surface area (Å²) in [6.45, 7) is 1.59. The van der Waals surface area contributed by atoms with Crippen LogP contribution in [0.15, 0.2) is 24.4 Å². The molecule has 1 unspecified atom stereocenters. The van der Waals surface area contributed by atoms with Gasteiger partial charge in [0.1, 0.15) is 0 Å². The van der Waals surface area contributed by atoms with Crippen LogP contribution in [0.5, 0.6) is 0 Å². The van der Waals surface area contributed by atoms with E-state index in [0.717, 1.165) is 25.0 Å². The summed E-state index contributed by atoms with van der Waals surface area (Å²) in [6.07, 6.45) is 4.61. The van der Waals surface area contributed by atoms with Crippen molar-refractivity contribution in [3.63, 3.8) is 0 Å². The molecule has 0 bridgehead atoms. The lowest BCUT2D eigenvalue weighted by Gasteiger charge is -2.36. The van der Waals surface area contributed by atoms with Crippen LogP contribution in [0.2, 0.25) is 0 Å². The van der Waals surface area contributed by atoms with Crippen LogP contribution < -0.4 is 5.32 Å². The Hall–Kier alpha value is -1.02. The summed E-state index contributed by atoms with van der Waals surface area (Å²) in [5.74, 6) is 0. The highest BCUT2D eigenvalue weighted by Crippen LogP contribution is 2.22. The third-order valence-electron chi connectivity index (χ3n) is 3.81. The van der Waals surface area contributed by atoms with E-state index in [4.69, 9.17) is 0 Å². The third-order valence-corrected chi connectivity index (χ3v) is 5.80. The van der Waals surface area contributed by atoms with Crippen LogP contribution in [0, 0.1) is 0 Å². The summed E-state index contributed by atoms with van der Waals surface area (Å²) < 4.78 is 28.6. The van der Waals surface area contributed by atoms with Gasteiger partial charge in [0, 0.05) is 32.4 Å². The number of likely N-dealkylation sites (N-methyl/N-ethyl adjacent to an activating group) is 1. The van der Waals surface area contributed by atoms with Gasteiger partial charge in [0.05, 0.1) is 12.2 Å². The van der Waals surface area contributed by atoms with Gasteiger partial charge in [0.2, 0.25) is 0 Å². The Morgan fingerprint density at radius 3 is 2.90 bits per heavy atom. The lowest BCUT2D eigenvalue weighted by atomic mass is 10.1. The third kappa shape index (κ3) is 4.00. The minimum atomic E-state index is -3.44. The summed E-state index contributed by atoms with van der Waals surface area (Å²) in [7, 11) is 0.0333. The van der Waals surface area contributed by atoms with Gasteiger partial charge >= 0.3 is 0 Å².